The van der Waals surface area contributed by atoms with Crippen LogP contribution >= 0.6 is 0 Å². The predicted octanol–water partition coefficient (Wildman–Crippen LogP) is 3.42. The molecule has 1 rings (SSSR count). The third-order valence-electron chi connectivity index (χ3n) is 3.85. The van der Waals surface area contributed by atoms with Crippen LogP contribution in [0, 0.1) is 5.92 Å². The summed E-state index contributed by atoms with van der Waals surface area (Å²) >= 11 is 0. The molecule has 0 aliphatic carbocycles. The molecule has 3 radical (unpaired) electrons. The lowest BCUT2D eigenvalue weighted by Gasteiger charge is -2.22. The van der Waals surface area contributed by atoms with Crippen LogP contribution in [0.25, 0.3) is 6.08 Å². The minimum Gasteiger partial charge on any atom is -0.492 e. The Labute approximate surface area is 172 Å². The molecule has 155 valence electrons. The van der Waals surface area contributed by atoms with E-state index in [9.17, 15) is 4.79 Å². The molecule has 0 bridgehead atoms. The number of benzene rings is 1. The van der Waals surface area contributed by atoms with Crippen molar-refractivity contribution in [2.24, 2.45) is 5.92 Å². The zero-order chi connectivity index (χ0) is 21.5. The van der Waals surface area contributed by atoms with Crippen LogP contribution in [0.15, 0.2) is 6.08 Å². The van der Waals surface area contributed by atoms with E-state index in [1.165, 1.54) is 6.08 Å². The lowest BCUT2D eigenvalue weighted by molar-refractivity contribution is -0.213. The predicted molar refractivity (Wildman–Crippen MR) is 114 cm³/mol. The summed E-state index contributed by atoms with van der Waals surface area (Å²) in [5.41, 5.74) is 1.62. The first-order valence-corrected chi connectivity index (χ1v) is 13.1. The highest BCUT2D eigenvalue weighted by atomic mass is 28.4. The van der Waals surface area contributed by atoms with Gasteiger partial charge in [-0.3, -0.25) is 0 Å². The largest absolute Gasteiger partial charge is 0.492 e. The van der Waals surface area contributed by atoms with E-state index in [-0.39, 0.29) is 0 Å². The van der Waals surface area contributed by atoms with Crippen LogP contribution in [0.3, 0.4) is 0 Å². The minimum atomic E-state index is -1.96. The normalized spacial score (nSPS) is 11.8. The maximum Gasteiger partial charge on any atom is 0.364 e. The maximum absolute atomic E-state index is 12.0. The highest BCUT2D eigenvalue weighted by Crippen LogP contribution is 2.42. The molecule has 1 aromatic carbocycles. The second kappa shape index (κ2) is 10.7. The number of hydrogen-bond acceptors (Lipinski definition) is 6. The fourth-order valence-corrected chi connectivity index (χ4v) is 3.30. The lowest BCUT2D eigenvalue weighted by Crippen LogP contribution is -2.26. The van der Waals surface area contributed by atoms with Crippen LogP contribution in [0.2, 0.25) is 19.6 Å². The molecule has 8 heteroatoms. The fourth-order valence-electron chi connectivity index (χ4n) is 2.53. The van der Waals surface area contributed by atoms with E-state index < -0.39 is 14.3 Å². The number of hydrogen-bond donors (Lipinski definition) is 0. The third kappa shape index (κ3) is 6.68. The lowest BCUT2D eigenvalue weighted by atomic mass is 9.98. The number of carbonyl (C=O) groups excluding carboxylic acids is 1. The first-order chi connectivity index (χ1) is 13.1. The quantitative estimate of drug-likeness (QED) is 0.249. The van der Waals surface area contributed by atoms with Crippen molar-refractivity contribution in [2.45, 2.75) is 46.3 Å². The Morgan fingerprint density at radius 1 is 1.04 bits per heavy atom. The molecule has 0 unspecified atom stereocenters. The van der Waals surface area contributed by atoms with E-state index in [0.29, 0.717) is 28.7 Å². The Balaban J connectivity index is 3.37. The van der Waals surface area contributed by atoms with Crippen molar-refractivity contribution in [1.29, 1.82) is 0 Å². The van der Waals surface area contributed by atoms with E-state index in [1.807, 2.05) is 19.6 Å². The van der Waals surface area contributed by atoms with Crippen LogP contribution in [0.1, 0.15) is 31.4 Å². The molecule has 0 spiro atoms. The van der Waals surface area contributed by atoms with E-state index in [1.54, 1.807) is 27.4 Å². The SMILES string of the molecule is COc1c(C=CC(=O)OO[Si](C)(C)C)c([Si])c(CCC(C)C)c(OC)c1OC. The van der Waals surface area contributed by atoms with Crippen molar-refractivity contribution < 1.29 is 28.5 Å². The molecule has 0 saturated heterocycles. The number of carbonyl (C=O) groups is 1. The monoisotopic (exact) mass is 423 g/mol. The van der Waals surface area contributed by atoms with Gasteiger partial charge in [0, 0.05) is 11.6 Å². The summed E-state index contributed by atoms with van der Waals surface area (Å²) in [6.45, 7) is 10.1. The molecule has 6 nitrogen and oxygen atoms in total. The highest BCUT2D eigenvalue weighted by molar-refractivity contribution is 6.69. The van der Waals surface area contributed by atoms with Gasteiger partial charge >= 0.3 is 5.97 Å². The summed E-state index contributed by atoms with van der Waals surface area (Å²) in [7, 11) is 6.46. The first kappa shape index (κ1) is 24.3. The highest BCUT2D eigenvalue weighted by Gasteiger charge is 2.24. The molecule has 0 aliphatic heterocycles. The average Bonchev–Trinajstić information content (AvgIpc) is 2.62. The van der Waals surface area contributed by atoms with Gasteiger partial charge in [0.05, 0.1) is 31.6 Å². The van der Waals surface area contributed by atoms with Gasteiger partial charge in [0.25, 0.3) is 0 Å². The van der Waals surface area contributed by atoms with Gasteiger partial charge in [-0.1, -0.05) is 13.8 Å². The Morgan fingerprint density at radius 3 is 2.07 bits per heavy atom. The Hall–Kier alpha value is -1.78. The van der Waals surface area contributed by atoms with Gasteiger partial charge in [0.2, 0.25) is 14.1 Å². The molecular weight excluding hydrogens is 392 g/mol. The van der Waals surface area contributed by atoms with Gasteiger partial charge < -0.3 is 19.1 Å². The van der Waals surface area contributed by atoms with E-state index in [0.717, 1.165) is 23.6 Å². The second-order valence-corrected chi connectivity index (χ2v) is 12.6. The molecular formula is C20H31O6Si2. The number of methoxy groups -OCH3 is 3. The maximum atomic E-state index is 12.0. The standard InChI is InChI=1S/C20H31O6Si2/c1-13(2)9-10-14-17(22-3)19(24-5)18(23-4)15(20(14)27)11-12-16(21)25-26-28(6,7)8/h11-13H,9-10H2,1-8H3. The number of ether oxygens (including phenoxy) is 3. The van der Waals surface area contributed by atoms with E-state index >= 15 is 0 Å². The Kier molecular flexibility index (Phi) is 9.26. The van der Waals surface area contributed by atoms with Crippen LogP contribution in [-0.2, 0) is 20.7 Å². The minimum absolute atomic E-state index is 0.466. The summed E-state index contributed by atoms with van der Waals surface area (Å²) < 4.78 is 21.9. The van der Waals surface area contributed by atoms with E-state index in [4.69, 9.17) is 23.7 Å². The smallest absolute Gasteiger partial charge is 0.364 e. The molecule has 28 heavy (non-hydrogen) atoms. The molecule has 0 atom stereocenters. The molecule has 0 heterocycles. The van der Waals surface area contributed by atoms with Gasteiger partial charge in [-0.05, 0) is 55.2 Å². The second-order valence-electron chi connectivity index (χ2n) is 7.73. The fraction of sp³-hybridized carbons (Fsp3) is 0.550. The van der Waals surface area contributed by atoms with Crippen molar-refractivity contribution in [2.75, 3.05) is 21.3 Å². The molecule has 0 aliphatic rings. The molecule has 0 fully saturated rings. The Bertz CT molecular complexity index is 708. The molecule has 0 aromatic heterocycles. The zero-order valence-corrected chi connectivity index (χ0v) is 20.1. The Morgan fingerprint density at radius 2 is 1.61 bits per heavy atom. The summed E-state index contributed by atoms with van der Waals surface area (Å²) in [6, 6.07) is 0. The van der Waals surface area contributed by atoms with Crippen LogP contribution in [0.5, 0.6) is 17.2 Å². The van der Waals surface area contributed by atoms with Crippen molar-refractivity contribution >= 4 is 35.8 Å². The average molecular weight is 424 g/mol. The van der Waals surface area contributed by atoms with E-state index in [2.05, 4.69) is 24.1 Å². The van der Waals surface area contributed by atoms with Gasteiger partial charge in [-0.15, -0.1) is 0 Å². The van der Waals surface area contributed by atoms with Gasteiger partial charge in [-0.2, -0.15) is 0 Å². The van der Waals surface area contributed by atoms with Crippen molar-refractivity contribution in [3.8, 4) is 17.2 Å². The van der Waals surface area contributed by atoms with Crippen molar-refractivity contribution in [3.63, 3.8) is 0 Å². The summed E-state index contributed by atoms with van der Waals surface area (Å²) in [6.07, 6.45) is 4.68. The first-order valence-electron chi connectivity index (χ1n) is 9.19. The summed E-state index contributed by atoms with van der Waals surface area (Å²) in [5, 5.41) is 0.783. The van der Waals surface area contributed by atoms with Crippen LogP contribution in [0.4, 0.5) is 0 Å². The van der Waals surface area contributed by atoms with Crippen molar-refractivity contribution in [3.05, 3.63) is 17.2 Å². The molecule has 0 amide bonds. The topological polar surface area (TPSA) is 63.2 Å². The summed E-state index contributed by atoms with van der Waals surface area (Å²) in [5.74, 6) is 1.50. The molecule has 0 saturated carbocycles. The molecule has 0 N–H and O–H groups in total. The van der Waals surface area contributed by atoms with Crippen LogP contribution < -0.4 is 19.4 Å². The van der Waals surface area contributed by atoms with Crippen LogP contribution in [-0.4, -0.2) is 45.9 Å². The molecule has 1 aromatic rings. The zero-order valence-electron chi connectivity index (χ0n) is 18.1. The summed E-state index contributed by atoms with van der Waals surface area (Å²) in [4.78, 5) is 16.9. The number of rotatable bonds is 10. The van der Waals surface area contributed by atoms with Gasteiger partial charge in [0.1, 0.15) is 0 Å². The van der Waals surface area contributed by atoms with Crippen molar-refractivity contribution in [1.82, 2.24) is 0 Å². The third-order valence-corrected chi connectivity index (χ3v) is 5.00. The van der Waals surface area contributed by atoms with Gasteiger partial charge in [0.15, 0.2) is 11.5 Å². The van der Waals surface area contributed by atoms with Gasteiger partial charge in [-0.25, -0.2) is 9.37 Å².